The second-order valence-electron chi connectivity index (χ2n) is 15.3. The second kappa shape index (κ2) is 17.6. The fraction of sp³-hybridized carbons (Fsp3) is 0.0755. The Morgan fingerprint density at radius 3 is 1.21 bits per heavy atom. The molecule has 10 heteroatoms. The first kappa shape index (κ1) is 39.9. The van der Waals surface area contributed by atoms with Crippen LogP contribution in [0.5, 0.6) is 0 Å². The molecule has 10 nitrogen and oxygen atoms in total. The van der Waals surface area contributed by atoms with Gasteiger partial charge in [0.1, 0.15) is 23.3 Å². The number of imidazole rings is 2. The Hall–Kier alpha value is -8.55. The Balaban J connectivity index is 0.000000160. The Bertz CT molecular complexity index is 3220. The zero-order valence-corrected chi connectivity index (χ0v) is 34.7. The second-order valence-corrected chi connectivity index (χ2v) is 15.3. The van der Waals surface area contributed by atoms with Gasteiger partial charge < -0.3 is 14.9 Å². The van der Waals surface area contributed by atoms with Crippen molar-refractivity contribution in [2.24, 2.45) is 0 Å². The Morgan fingerprint density at radius 2 is 0.810 bits per heavy atom. The molecule has 63 heavy (non-hydrogen) atoms. The van der Waals surface area contributed by atoms with E-state index in [9.17, 15) is 14.9 Å². The van der Waals surface area contributed by atoms with Crippen molar-refractivity contribution in [1.82, 2.24) is 29.1 Å². The smallest absolute Gasteiger partial charge is 0.280 e. The lowest BCUT2D eigenvalue weighted by atomic mass is 10.1. The minimum Gasteiger partial charge on any atom is -0.362 e. The summed E-state index contributed by atoms with van der Waals surface area (Å²) in [6, 6.07) is 61.4. The summed E-state index contributed by atoms with van der Waals surface area (Å²) in [5.74, 6) is 1.87. The third-order valence-corrected chi connectivity index (χ3v) is 10.9. The summed E-state index contributed by atoms with van der Waals surface area (Å²) in [4.78, 5) is 45.6. The number of benzene rings is 6. The highest BCUT2D eigenvalue weighted by atomic mass is 16.1. The topological polar surface area (TPSA) is 128 Å². The van der Waals surface area contributed by atoms with Crippen LogP contribution in [-0.2, 0) is 12.8 Å². The monoisotopic (exact) mass is 822 g/mol. The molecule has 10 rings (SSSR count). The van der Waals surface area contributed by atoms with Gasteiger partial charge in [0, 0.05) is 49.2 Å². The number of anilines is 1. The molecule has 0 bridgehead atoms. The molecule has 0 atom stereocenters. The maximum absolute atomic E-state index is 13.7. The van der Waals surface area contributed by atoms with E-state index in [1.807, 2.05) is 201 Å². The van der Waals surface area contributed by atoms with Crippen molar-refractivity contribution in [1.29, 1.82) is 5.26 Å². The van der Waals surface area contributed by atoms with Crippen molar-refractivity contribution in [3.63, 3.8) is 0 Å². The molecule has 4 aliphatic heterocycles. The number of nitrogens with zero attached hydrogens (tertiary/aromatic N) is 6. The van der Waals surface area contributed by atoms with Crippen molar-refractivity contribution >= 4 is 5.82 Å². The number of aromatic nitrogens is 6. The fourth-order valence-electron chi connectivity index (χ4n) is 7.91. The quantitative estimate of drug-likeness (QED) is 0.149. The molecule has 2 N–H and O–H groups in total. The highest BCUT2D eigenvalue weighted by Crippen LogP contribution is 2.36. The highest BCUT2D eigenvalue weighted by molar-refractivity contribution is 5.81. The van der Waals surface area contributed by atoms with Gasteiger partial charge in [0.25, 0.3) is 11.1 Å². The maximum atomic E-state index is 13.7. The van der Waals surface area contributed by atoms with E-state index >= 15 is 0 Å². The zero-order valence-electron chi connectivity index (χ0n) is 34.7. The average Bonchev–Trinajstić information content (AvgIpc) is 3.84. The van der Waals surface area contributed by atoms with Gasteiger partial charge in [0.05, 0.1) is 22.8 Å². The van der Waals surface area contributed by atoms with Crippen LogP contribution in [0.3, 0.4) is 0 Å². The first-order chi connectivity index (χ1) is 30.9. The van der Waals surface area contributed by atoms with Crippen LogP contribution in [0.2, 0.25) is 0 Å². The molecule has 6 aromatic rings. The summed E-state index contributed by atoms with van der Waals surface area (Å²) >= 11 is 0. The fourth-order valence-corrected chi connectivity index (χ4v) is 7.91. The number of nitrogens with one attached hydrogen (secondary N) is 2. The van der Waals surface area contributed by atoms with Gasteiger partial charge in [-0.3, -0.25) is 9.59 Å². The van der Waals surface area contributed by atoms with E-state index in [-0.39, 0.29) is 16.8 Å². The van der Waals surface area contributed by atoms with E-state index < -0.39 is 0 Å². The van der Waals surface area contributed by atoms with Gasteiger partial charge in [-0.15, -0.1) is 0 Å². The van der Waals surface area contributed by atoms with Gasteiger partial charge >= 0.3 is 0 Å². The zero-order chi connectivity index (χ0) is 43.3. The normalized spacial score (nSPS) is 10.9. The molecule has 0 spiro atoms. The molecule has 0 saturated heterocycles. The Kier molecular flexibility index (Phi) is 11.1. The molecule has 0 aliphatic carbocycles. The van der Waals surface area contributed by atoms with E-state index in [4.69, 9.17) is 9.97 Å². The summed E-state index contributed by atoms with van der Waals surface area (Å²) in [5, 5.41) is 10.0. The van der Waals surface area contributed by atoms with E-state index in [2.05, 4.69) is 16.0 Å². The van der Waals surface area contributed by atoms with Crippen molar-refractivity contribution in [2.75, 3.05) is 19.0 Å². The predicted octanol–water partition coefficient (Wildman–Crippen LogP) is 9.78. The number of hydrogen-bond donors (Lipinski definition) is 2. The molecule has 4 aliphatic rings. The molecule has 0 unspecified atom stereocenters. The van der Waals surface area contributed by atoms with E-state index in [1.54, 1.807) is 4.57 Å². The number of H-pyrrole nitrogens is 2. The van der Waals surface area contributed by atoms with Crippen LogP contribution in [0, 0.1) is 11.3 Å². The highest BCUT2D eigenvalue weighted by Gasteiger charge is 2.28. The number of aromatic amines is 2. The number of fused-ring (bicyclic) bond motifs is 2. The molecule has 0 aromatic heterocycles. The van der Waals surface area contributed by atoms with Crippen LogP contribution in [0.4, 0.5) is 5.82 Å². The van der Waals surface area contributed by atoms with Crippen LogP contribution >= 0.6 is 0 Å². The van der Waals surface area contributed by atoms with Gasteiger partial charge in [-0.1, -0.05) is 182 Å². The summed E-state index contributed by atoms with van der Waals surface area (Å²) in [5.41, 5.74) is 9.62. The number of rotatable bonds is 9. The van der Waals surface area contributed by atoms with Crippen LogP contribution in [-0.4, -0.2) is 43.2 Å². The largest absolute Gasteiger partial charge is 0.362 e. The molecule has 6 aromatic carbocycles. The first-order valence-electron chi connectivity index (χ1n) is 20.6. The molecule has 0 fully saturated rings. The number of nitriles is 1. The third-order valence-electron chi connectivity index (χ3n) is 10.9. The van der Waals surface area contributed by atoms with E-state index in [1.165, 1.54) is 4.57 Å². The third kappa shape index (κ3) is 7.94. The SMILES string of the molecule is CN(C)c1c(-c2ccccc2)[nH]c(-c2ccccc2)c2nc(Cc3ccccc3)c(=O)n1-2.N#Cc1c(-c2ccccc2)[nH]c(-c2ccccc2)c2nc(Cc3ccccc3)c(=O)n1-2. The summed E-state index contributed by atoms with van der Waals surface area (Å²) < 4.78 is 3.19. The van der Waals surface area contributed by atoms with Gasteiger partial charge in [-0.25, -0.2) is 19.1 Å². The van der Waals surface area contributed by atoms with Gasteiger partial charge in [0.15, 0.2) is 17.3 Å². The lowest BCUT2D eigenvalue weighted by Crippen LogP contribution is -2.25. The maximum Gasteiger partial charge on any atom is 0.280 e. The van der Waals surface area contributed by atoms with E-state index in [0.717, 1.165) is 50.6 Å². The van der Waals surface area contributed by atoms with Crippen LogP contribution in [0.25, 0.3) is 56.7 Å². The Labute approximate surface area is 364 Å². The van der Waals surface area contributed by atoms with Crippen LogP contribution in [0.15, 0.2) is 192 Å². The van der Waals surface area contributed by atoms with Crippen molar-refractivity contribution in [3.05, 3.63) is 231 Å². The van der Waals surface area contributed by atoms with Crippen molar-refractivity contribution < 1.29 is 0 Å². The molecule has 0 saturated carbocycles. The lowest BCUT2D eigenvalue weighted by molar-refractivity contribution is 0.918. The van der Waals surface area contributed by atoms with Gasteiger partial charge in [0.2, 0.25) is 0 Å². The lowest BCUT2D eigenvalue weighted by Gasteiger charge is -2.24. The van der Waals surface area contributed by atoms with Gasteiger partial charge in [-0.05, 0) is 11.1 Å². The molecule has 0 radical (unpaired) electrons. The molecular weight excluding hydrogens is 781 g/mol. The number of hydrogen-bond acceptors (Lipinski definition) is 6. The first-order valence-corrected chi connectivity index (χ1v) is 20.6. The summed E-state index contributed by atoms with van der Waals surface area (Å²) in [6.07, 6.45) is 0.893. The molecule has 4 heterocycles. The standard InChI is InChI=1S/C27H24N4O.C26H18N4O/c1-30(2)26-24(21-16-10-5-11-17-21)29-23(20-14-8-4-9-15-20)25-28-22(27(32)31(25)26)18-19-12-6-3-7-13-19;27-17-22-23(19-12-6-2-7-13-19)29-24(20-14-8-3-9-15-20)25-28-21(26(31)30(22)25)16-18-10-4-1-5-11-18/h3-17,29H,18H2,1-2H3;1-15,29H,16H2. The molecular formula is C53H42N8O2. The van der Waals surface area contributed by atoms with Crippen molar-refractivity contribution in [2.45, 2.75) is 12.8 Å². The predicted molar refractivity (Wildman–Crippen MR) is 250 cm³/mol. The Morgan fingerprint density at radius 1 is 0.476 bits per heavy atom. The minimum absolute atomic E-state index is 0.0871. The molecule has 0 amide bonds. The minimum atomic E-state index is -0.265. The van der Waals surface area contributed by atoms with Crippen LogP contribution in [0.1, 0.15) is 28.2 Å². The van der Waals surface area contributed by atoms with Crippen molar-refractivity contribution in [3.8, 4) is 62.7 Å². The van der Waals surface area contributed by atoms with E-state index in [0.29, 0.717) is 47.3 Å². The summed E-state index contributed by atoms with van der Waals surface area (Å²) in [6.45, 7) is 0. The summed E-state index contributed by atoms with van der Waals surface area (Å²) in [7, 11) is 3.90. The average molecular weight is 823 g/mol. The molecule has 306 valence electrons. The van der Waals surface area contributed by atoms with Gasteiger partial charge in [-0.2, -0.15) is 5.26 Å². The van der Waals surface area contributed by atoms with Crippen LogP contribution < -0.4 is 16.0 Å².